The molecular weight excluding hydrogens is 420 g/mol. The molecule has 1 aliphatic heterocycles. The van der Waals surface area contributed by atoms with E-state index in [4.69, 9.17) is 5.73 Å². The van der Waals surface area contributed by atoms with Crippen molar-refractivity contribution < 1.29 is 28.3 Å². The van der Waals surface area contributed by atoms with Crippen LogP contribution in [0.4, 0.5) is 8.78 Å². The number of nitrogens with two attached hydrogens (primary N) is 1. The summed E-state index contributed by atoms with van der Waals surface area (Å²) < 4.78 is 27.3. The van der Waals surface area contributed by atoms with Gasteiger partial charge in [-0.1, -0.05) is 42.5 Å². The van der Waals surface area contributed by atoms with Crippen molar-refractivity contribution in [2.24, 2.45) is 5.73 Å². The predicted molar refractivity (Wildman–Crippen MR) is 112 cm³/mol. The molecule has 3 rings (SSSR count). The zero-order valence-corrected chi connectivity index (χ0v) is 17.2. The van der Waals surface area contributed by atoms with Crippen LogP contribution >= 0.6 is 0 Å². The number of aliphatic hydroxyl groups excluding tert-OH is 1. The van der Waals surface area contributed by atoms with E-state index in [1.54, 1.807) is 42.5 Å². The van der Waals surface area contributed by atoms with Gasteiger partial charge < -0.3 is 21.1 Å². The van der Waals surface area contributed by atoms with Crippen LogP contribution in [-0.2, 0) is 14.4 Å². The summed E-state index contributed by atoms with van der Waals surface area (Å²) in [6.45, 7) is 1.52. The van der Waals surface area contributed by atoms with E-state index in [9.17, 15) is 28.3 Å². The number of hydrogen-bond acceptors (Lipinski definition) is 4. The second-order valence-electron chi connectivity index (χ2n) is 7.48. The Labute approximate surface area is 183 Å². The highest BCUT2D eigenvalue weighted by Crippen LogP contribution is 2.31. The van der Waals surface area contributed by atoms with Crippen LogP contribution in [0.1, 0.15) is 30.1 Å². The summed E-state index contributed by atoms with van der Waals surface area (Å²) in [5, 5.41) is 13.3. The monoisotopic (exact) mass is 443 g/mol. The minimum Gasteiger partial charge on any atom is -0.378 e. The Bertz CT molecular complexity index is 1020. The quantitative estimate of drug-likeness (QED) is 0.588. The summed E-state index contributed by atoms with van der Waals surface area (Å²) in [4.78, 5) is 39.4. The van der Waals surface area contributed by atoms with Crippen molar-refractivity contribution in [3.63, 3.8) is 0 Å². The van der Waals surface area contributed by atoms with E-state index >= 15 is 0 Å². The summed E-state index contributed by atoms with van der Waals surface area (Å²) >= 11 is 0. The summed E-state index contributed by atoms with van der Waals surface area (Å²) in [6, 6.07) is 8.49. The van der Waals surface area contributed by atoms with E-state index in [1.165, 1.54) is 6.92 Å². The van der Waals surface area contributed by atoms with Gasteiger partial charge in [0.2, 0.25) is 11.8 Å². The largest absolute Gasteiger partial charge is 0.378 e. The van der Waals surface area contributed by atoms with Gasteiger partial charge in [0.15, 0.2) is 6.10 Å². The molecule has 0 radical (unpaired) electrons. The first kappa shape index (κ1) is 23.1. The lowest BCUT2D eigenvalue weighted by Crippen LogP contribution is -2.59. The molecule has 4 atom stereocenters. The Morgan fingerprint density at radius 3 is 2.38 bits per heavy atom. The Morgan fingerprint density at radius 2 is 1.78 bits per heavy atom. The molecule has 0 fully saturated rings. The predicted octanol–water partition coefficient (Wildman–Crippen LogP) is 1.54. The zero-order valence-electron chi connectivity index (χ0n) is 17.2. The topological polar surface area (TPSA) is 113 Å². The fourth-order valence-corrected chi connectivity index (χ4v) is 3.74. The number of nitrogens with one attached hydrogen (secondary N) is 1. The second-order valence-corrected chi connectivity index (χ2v) is 7.48. The molecule has 0 saturated carbocycles. The molecule has 32 heavy (non-hydrogen) atoms. The fraction of sp³-hybridized carbons (Fsp3) is 0.261. The third-order valence-electron chi connectivity index (χ3n) is 5.35. The van der Waals surface area contributed by atoms with E-state index in [1.807, 2.05) is 0 Å². The summed E-state index contributed by atoms with van der Waals surface area (Å²) in [5.74, 6) is -5.21. The van der Waals surface area contributed by atoms with Gasteiger partial charge in [0.05, 0.1) is 0 Å². The lowest BCUT2D eigenvalue weighted by atomic mass is 9.88. The standard InChI is InChI=1S/C23H23F2N3O4/c1-13(21(26)30)28(23(32)20(29)15-10-16(24)12-17(25)11-15)19-18(8-5-9-27-22(19)31)14-6-3-2-4-7-14/h2-8,10-13,18-20,29H,9H2,1H3,(H2,26,30)(H,27,31)/t13-,18+,19-,20-/m0/s1. The molecular formula is C23H23F2N3O4. The third kappa shape index (κ3) is 4.83. The van der Waals surface area contributed by atoms with E-state index in [0.717, 1.165) is 17.0 Å². The van der Waals surface area contributed by atoms with Crippen LogP contribution in [0.15, 0.2) is 60.7 Å². The smallest absolute Gasteiger partial charge is 0.257 e. The fourth-order valence-electron chi connectivity index (χ4n) is 3.74. The lowest BCUT2D eigenvalue weighted by molar-refractivity contribution is -0.153. The van der Waals surface area contributed by atoms with Gasteiger partial charge in [0.1, 0.15) is 23.7 Å². The lowest BCUT2D eigenvalue weighted by Gasteiger charge is -2.38. The van der Waals surface area contributed by atoms with Gasteiger partial charge in [-0.05, 0) is 30.2 Å². The van der Waals surface area contributed by atoms with Gasteiger partial charge in [-0.2, -0.15) is 0 Å². The van der Waals surface area contributed by atoms with Crippen LogP contribution in [0.25, 0.3) is 0 Å². The molecule has 0 aromatic heterocycles. The SMILES string of the molecule is C[C@@H](C(N)=O)N(C(=O)[C@@H](O)c1cc(F)cc(F)c1)[C@@H]1C(=O)NCC=C[C@@H]1c1ccccc1. The third-order valence-corrected chi connectivity index (χ3v) is 5.35. The maximum atomic E-state index is 13.7. The van der Waals surface area contributed by atoms with Crippen molar-refractivity contribution in [2.75, 3.05) is 6.54 Å². The molecule has 0 bridgehead atoms. The number of carbonyl (C=O) groups excluding carboxylic acids is 3. The minimum absolute atomic E-state index is 0.198. The molecule has 1 heterocycles. The van der Waals surface area contributed by atoms with Gasteiger partial charge in [0, 0.05) is 18.5 Å². The highest BCUT2D eigenvalue weighted by molar-refractivity contribution is 5.95. The number of aliphatic hydroxyl groups is 1. The Hall–Kier alpha value is -3.59. The molecule has 3 amide bonds. The van der Waals surface area contributed by atoms with Crippen molar-refractivity contribution in [2.45, 2.75) is 31.0 Å². The number of carbonyl (C=O) groups is 3. The van der Waals surface area contributed by atoms with Crippen molar-refractivity contribution >= 4 is 17.7 Å². The van der Waals surface area contributed by atoms with Crippen LogP contribution in [-0.4, -0.2) is 46.4 Å². The molecule has 9 heteroatoms. The van der Waals surface area contributed by atoms with Crippen LogP contribution in [0.3, 0.4) is 0 Å². The van der Waals surface area contributed by atoms with E-state index in [-0.39, 0.29) is 12.1 Å². The highest BCUT2D eigenvalue weighted by Gasteiger charge is 2.43. The number of nitrogens with zero attached hydrogens (tertiary/aromatic N) is 1. The van der Waals surface area contributed by atoms with Crippen LogP contribution in [0, 0.1) is 11.6 Å². The molecule has 4 N–H and O–H groups in total. The first-order valence-corrected chi connectivity index (χ1v) is 9.95. The van der Waals surface area contributed by atoms with Gasteiger partial charge in [-0.15, -0.1) is 0 Å². The Morgan fingerprint density at radius 1 is 1.16 bits per heavy atom. The number of halogens is 2. The molecule has 0 saturated heterocycles. The molecule has 2 aromatic carbocycles. The molecule has 0 aliphatic carbocycles. The normalized spacial score (nSPS) is 20.1. The maximum Gasteiger partial charge on any atom is 0.257 e. The molecule has 0 spiro atoms. The maximum absolute atomic E-state index is 13.7. The average Bonchev–Trinajstić information content (AvgIpc) is 2.95. The van der Waals surface area contributed by atoms with E-state index in [0.29, 0.717) is 11.6 Å². The van der Waals surface area contributed by atoms with Crippen molar-refractivity contribution in [1.82, 2.24) is 10.2 Å². The summed E-state index contributed by atoms with van der Waals surface area (Å²) in [6.07, 6.45) is 1.41. The van der Waals surface area contributed by atoms with E-state index in [2.05, 4.69) is 5.32 Å². The van der Waals surface area contributed by atoms with Gasteiger partial charge in [0.25, 0.3) is 5.91 Å². The number of amides is 3. The molecule has 2 aromatic rings. The second kappa shape index (κ2) is 9.69. The van der Waals surface area contributed by atoms with Crippen molar-refractivity contribution in [3.05, 3.63) is 83.4 Å². The first-order valence-electron chi connectivity index (χ1n) is 9.95. The number of benzene rings is 2. The van der Waals surface area contributed by atoms with E-state index < -0.39 is 53.5 Å². The van der Waals surface area contributed by atoms with Crippen molar-refractivity contribution in [1.29, 1.82) is 0 Å². The highest BCUT2D eigenvalue weighted by atomic mass is 19.1. The van der Waals surface area contributed by atoms with Gasteiger partial charge in [-0.25, -0.2) is 8.78 Å². The van der Waals surface area contributed by atoms with Crippen LogP contribution in [0.5, 0.6) is 0 Å². The number of hydrogen-bond donors (Lipinski definition) is 3. The zero-order chi connectivity index (χ0) is 23.4. The summed E-state index contributed by atoms with van der Waals surface area (Å²) in [5.41, 5.74) is 5.79. The van der Waals surface area contributed by atoms with Crippen LogP contribution < -0.4 is 11.1 Å². The number of primary amides is 1. The molecule has 7 nitrogen and oxygen atoms in total. The average molecular weight is 443 g/mol. The van der Waals surface area contributed by atoms with Gasteiger partial charge >= 0.3 is 0 Å². The molecule has 0 unspecified atom stereocenters. The molecule has 168 valence electrons. The van der Waals surface area contributed by atoms with Gasteiger partial charge in [-0.3, -0.25) is 14.4 Å². The minimum atomic E-state index is -2.03. The Balaban J connectivity index is 2.10. The van der Waals surface area contributed by atoms with Crippen molar-refractivity contribution in [3.8, 4) is 0 Å². The molecule has 1 aliphatic rings. The Kier molecular flexibility index (Phi) is 6.99. The van der Waals surface area contributed by atoms with Crippen LogP contribution in [0.2, 0.25) is 0 Å². The first-order chi connectivity index (χ1) is 15.2. The summed E-state index contributed by atoms with van der Waals surface area (Å²) in [7, 11) is 0. The number of rotatable bonds is 6.